The fraction of sp³-hybridized carbons (Fsp3) is 0.368. The van der Waals surface area contributed by atoms with Crippen molar-refractivity contribution in [3.63, 3.8) is 0 Å². The molecule has 1 saturated heterocycles. The van der Waals surface area contributed by atoms with Crippen molar-refractivity contribution in [1.29, 1.82) is 0 Å². The minimum atomic E-state index is -0.313. The fourth-order valence-corrected chi connectivity index (χ4v) is 3.41. The predicted molar refractivity (Wildman–Crippen MR) is 99.1 cm³/mol. The maximum absolute atomic E-state index is 13.3. The molecule has 27 heavy (non-hydrogen) atoms. The number of carbonyl (C=O) groups is 1. The Morgan fingerprint density at radius 1 is 1.19 bits per heavy atom. The van der Waals surface area contributed by atoms with Gasteiger partial charge in [-0.25, -0.2) is 4.39 Å². The summed E-state index contributed by atoms with van der Waals surface area (Å²) in [5.41, 5.74) is 1.80. The van der Waals surface area contributed by atoms with Gasteiger partial charge in [0.2, 0.25) is 5.91 Å². The number of piperazine rings is 1. The molecule has 4 rings (SSSR count). The molecule has 3 aromatic rings. The molecule has 3 heterocycles. The average Bonchev–Trinajstić information content (AvgIpc) is 3.16. The van der Waals surface area contributed by atoms with Crippen LogP contribution in [-0.2, 0) is 17.6 Å². The number of anilines is 1. The molecule has 0 spiro atoms. The molecule has 140 valence electrons. The molecule has 0 radical (unpaired) electrons. The summed E-state index contributed by atoms with van der Waals surface area (Å²) in [7, 11) is 0. The smallest absolute Gasteiger partial charge is 0.256 e. The Kier molecular flexibility index (Phi) is 4.70. The first kappa shape index (κ1) is 17.4. The minimum absolute atomic E-state index is 0.0235. The van der Waals surface area contributed by atoms with Crippen LogP contribution in [0.3, 0.4) is 0 Å². The summed E-state index contributed by atoms with van der Waals surface area (Å²) in [5.74, 6) is 1.17. The van der Waals surface area contributed by atoms with Gasteiger partial charge < -0.3 is 9.80 Å². The summed E-state index contributed by atoms with van der Waals surface area (Å²) in [6, 6.07) is 8.27. The highest BCUT2D eigenvalue weighted by Crippen LogP contribution is 2.18. The van der Waals surface area contributed by atoms with Crippen LogP contribution in [0.5, 0.6) is 0 Å². The number of aromatic nitrogens is 4. The maximum Gasteiger partial charge on any atom is 0.256 e. The van der Waals surface area contributed by atoms with Crippen LogP contribution in [-0.4, -0.2) is 56.6 Å². The zero-order valence-corrected chi connectivity index (χ0v) is 15.2. The van der Waals surface area contributed by atoms with Gasteiger partial charge in [0.15, 0.2) is 0 Å². The summed E-state index contributed by atoms with van der Waals surface area (Å²) < 4.78 is 15.2. The minimum Gasteiger partial charge on any atom is -0.353 e. The Morgan fingerprint density at radius 3 is 2.74 bits per heavy atom. The van der Waals surface area contributed by atoms with E-state index in [1.807, 2.05) is 9.30 Å². The van der Waals surface area contributed by atoms with E-state index in [2.05, 4.69) is 33.1 Å². The highest BCUT2D eigenvalue weighted by atomic mass is 19.1. The van der Waals surface area contributed by atoms with Crippen LogP contribution < -0.4 is 4.90 Å². The largest absolute Gasteiger partial charge is 0.353 e. The summed E-state index contributed by atoms with van der Waals surface area (Å²) in [6.45, 7) is 4.73. The number of carbonyl (C=O) groups excluding carboxylic acids is 1. The second kappa shape index (κ2) is 7.30. The third-order valence-corrected chi connectivity index (χ3v) is 4.91. The van der Waals surface area contributed by atoms with E-state index in [-0.39, 0.29) is 18.1 Å². The van der Waals surface area contributed by atoms with Crippen molar-refractivity contribution in [3.8, 4) is 0 Å². The highest BCUT2D eigenvalue weighted by molar-refractivity contribution is 5.79. The molecule has 0 bridgehead atoms. The number of amides is 1. The predicted octanol–water partition coefficient (Wildman–Crippen LogP) is 1.72. The molecule has 0 unspecified atom stereocenters. The van der Waals surface area contributed by atoms with E-state index in [1.54, 1.807) is 18.5 Å². The second-order valence-corrected chi connectivity index (χ2v) is 6.63. The Hall–Kier alpha value is -3.03. The van der Waals surface area contributed by atoms with Gasteiger partial charge in [0.05, 0.1) is 6.42 Å². The third kappa shape index (κ3) is 3.60. The topological polar surface area (TPSA) is 66.6 Å². The molecule has 0 N–H and O–H groups in total. The highest BCUT2D eigenvalue weighted by Gasteiger charge is 2.23. The van der Waals surface area contributed by atoms with Crippen LogP contribution in [0.2, 0.25) is 0 Å². The summed E-state index contributed by atoms with van der Waals surface area (Å²) in [5, 5.41) is 7.99. The van der Waals surface area contributed by atoms with Crippen molar-refractivity contribution in [1.82, 2.24) is 24.5 Å². The fourth-order valence-electron chi connectivity index (χ4n) is 3.41. The first-order valence-electron chi connectivity index (χ1n) is 9.11. The zero-order chi connectivity index (χ0) is 18.8. The number of aryl methyl sites for hydroxylation is 1. The van der Waals surface area contributed by atoms with Crippen molar-refractivity contribution in [3.05, 3.63) is 53.7 Å². The van der Waals surface area contributed by atoms with Gasteiger partial charge in [-0.1, -0.05) is 19.1 Å². The number of benzene rings is 1. The van der Waals surface area contributed by atoms with Gasteiger partial charge in [-0.05, 0) is 24.1 Å². The number of nitrogens with zero attached hydrogens (tertiary/aromatic N) is 6. The summed E-state index contributed by atoms with van der Waals surface area (Å²) in [4.78, 5) is 21.1. The first-order valence-corrected chi connectivity index (χ1v) is 9.11. The van der Waals surface area contributed by atoms with E-state index in [4.69, 9.17) is 0 Å². The molecule has 1 amide bonds. The van der Waals surface area contributed by atoms with Gasteiger partial charge in [0.1, 0.15) is 18.0 Å². The first-order chi connectivity index (χ1) is 13.1. The Labute approximate surface area is 156 Å². The number of fused-ring (bicyclic) bond motifs is 1. The van der Waals surface area contributed by atoms with E-state index in [0.29, 0.717) is 37.5 Å². The second-order valence-electron chi connectivity index (χ2n) is 6.63. The Morgan fingerprint density at radius 2 is 2.00 bits per heavy atom. The molecule has 1 fully saturated rings. The molecular weight excluding hydrogens is 347 g/mol. The van der Waals surface area contributed by atoms with Crippen LogP contribution in [0.15, 0.2) is 36.7 Å². The molecular formula is C19H21FN6O. The quantitative estimate of drug-likeness (QED) is 0.702. The molecule has 0 aliphatic carbocycles. The molecule has 1 aliphatic heterocycles. The van der Waals surface area contributed by atoms with Crippen LogP contribution >= 0.6 is 0 Å². The lowest BCUT2D eigenvalue weighted by atomic mass is 10.1. The molecule has 0 saturated carbocycles. The normalized spacial score (nSPS) is 14.7. The van der Waals surface area contributed by atoms with Crippen molar-refractivity contribution in [2.45, 2.75) is 19.8 Å². The lowest BCUT2D eigenvalue weighted by Crippen LogP contribution is -2.49. The van der Waals surface area contributed by atoms with Crippen LogP contribution in [0.4, 0.5) is 10.2 Å². The lowest BCUT2D eigenvalue weighted by molar-refractivity contribution is -0.130. The number of halogens is 1. The van der Waals surface area contributed by atoms with Crippen LogP contribution in [0, 0.1) is 5.82 Å². The summed E-state index contributed by atoms with van der Waals surface area (Å²) >= 11 is 0. The number of hydrogen-bond donors (Lipinski definition) is 0. The van der Waals surface area contributed by atoms with Crippen molar-refractivity contribution in [2.75, 3.05) is 31.1 Å². The monoisotopic (exact) mass is 368 g/mol. The zero-order valence-electron chi connectivity index (χ0n) is 15.2. The molecule has 1 aliphatic rings. The van der Waals surface area contributed by atoms with E-state index in [1.165, 1.54) is 12.1 Å². The van der Waals surface area contributed by atoms with Gasteiger partial charge in [-0.15, -0.1) is 10.2 Å². The Bertz CT molecular complexity index is 964. The van der Waals surface area contributed by atoms with E-state index in [9.17, 15) is 9.18 Å². The molecule has 7 nitrogen and oxygen atoms in total. The SMILES string of the molecule is CCc1cc(N2CCN(C(=O)Cc3cccc(F)c3)CC2)nc2nncn12. The maximum atomic E-state index is 13.3. The van der Waals surface area contributed by atoms with E-state index < -0.39 is 0 Å². The molecule has 2 aromatic heterocycles. The number of rotatable bonds is 4. The van der Waals surface area contributed by atoms with Gasteiger partial charge in [0.25, 0.3) is 5.78 Å². The van der Waals surface area contributed by atoms with E-state index >= 15 is 0 Å². The van der Waals surface area contributed by atoms with Gasteiger partial charge in [0, 0.05) is 37.9 Å². The average molecular weight is 368 g/mol. The van der Waals surface area contributed by atoms with Crippen LogP contribution in [0.25, 0.3) is 5.78 Å². The van der Waals surface area contributed by atoms with Crippen LogP contribution in [0.1, 0.15) is 18.2 Å². The third-order valence-electron chi connectivity index (χ3n) is 4.91. The van der Waals surface area contributed by atoms with Gasteiger partial charge in [-0.2, -0.15) is 4.98 Å². The Balaban J connectivity index is 1.42. The molecule has 0 atom stereocenters. The van der Waals surface area contributed by atoms with Crippen molar-refractivity contribution >= 4 is 17.5 Å². The lowest BCUT2D eigenvalue weighted by Gasteiger charge is -2.35. The van der Waals surface area contributed by atoms with Gasteiger partial charge >= 0.3 is 0 Å². The van der Waals surface area contributed by atoms with E-state index in [0.717, 1.165) is 17.9 Å². The standard InChI is InChI=1S/C19H21FN6O/c1-2-16-12-17(22-19-23-21-13-26(16)19)24-6-8-25(9-7-24)18(27)11-14-4-3-5-15(20)10-14/h3-5,10,12-13H,2,6-9,11H2,1H3. The van der Waals surface area contributed by atoms with Gasteiger partial charge in [-0.3, -0.25) is 9.20 Å². The summed E-state index contributed by atoms with van der Waals surface area (Å²) in [6.07, 6.45) is 2.76. The number of hydrogen-bond acceptors (Lipinski definition) is 5. The van der Waals surface area contributed by atoms with Crippen molar-refractivity contribution < 1.29 is 9.18 Å². The molecule has 1 aromatic carbocycles. The van der Waals surface area contributed by atoms with Crippen molar-refractivity contribution in [2.24, 2.45) is 0 Å². The molecule has 8 heteroatoms.